The maximum Gasteiger partial charge on any atom is 0.222 e. The van der Waals surface area contributed by atoms with Gasteiger partial charge in [0.25, 0.3) is 0 Å². The van der Waals surface area contributed by atoms with Gasteiger partial charge in [-0.3, -0.25) is 33.5 Å². The first kappa shape index (κ1) is 45.7. The molecule has 0 saturated heterocycles. The number of rotatable bonds is 17. The number of fused-ring (bicyclic) bond motifs is 6. The zero-order valence-corrected chi connectivity index (χ0v) is 38.9. The van der Waals surface area contributed by atoms with Crippen molar-refractivity contribution in [3.8, 4) is 22.9 Å². The van der Waals surface area contributed by atoms with E-state index in [1.807, 2.05) is 115 Å². The van der Waals surface area contributed by atoms with E-state index in [1.165, 1.54) is 0 Å². The number of ether oxygens (including phenoxy) is 2. The van der Waals surface area contributed by atoms with Crippen molar-refractivity contribution >= 4 is 52.5 Å². The van der Waals surface area contributed by atoms with Crippen LogP contribution in [0.5, 0.6) is 11.5 Å². The monoisotopic (exact) mass is 927 g/mol. The van der Waals surface area contributed by atoms with Crippen LogP contribution in [0, 0.1) is 13.8 Å². The molecule has 16 nitrogen and oxygen atoms in total. The summed E-state index contributed by atoms with van der Waals surface area (Å²) in [5, 5.41) is 27.1. The third kappa shape index (κ3) is 10.0. The Bertz CT molecular complexity index is 2820. The highest BCUT2D eigenvalue weighted by atomic mass is 35.5. The summed E-state index contributed by atoms with van der Waals surface area (Å²) in [7, 11) is 3.24. The van der Waals surface area contributed by atoms with Gasteiger partial charge in [-0.15, -0.1) is 32.2 Å². The van der Waals surface area contributed by atoms with E-state index in [4.69, 9.17) is 31.1 Å². The Labute approximate surface area is 391 Å². The molecule has 3 N–H and O–H groups in total. The van der Waals surface area contributed by atoms with Crippen molar-refractivity contribution in [1.82, 2.24) is 45.5 Å². The van der Waals surface area contributed by atoms with Crippen LogP contribution in [-0.2, 0) is 14.4 Å². The number of carbonyl (C=O) groups excluding carboxylic acids is 3. The molecule has 0 bridgehead atoms. The van der Waals surface area contributed by atoms with Gasteiger partial charge in [-0.25, -0.2) is 0 Å². The highest BCUT2D eigenvalue weighted by molar-refractivity contribution is 7.99. The third-order valence-corrected chi connectivity index (χ3v) is 12.5. The molecule has 2 atom stereocenters. The number of hydrogen-bond donors (Lipinski definition) is 3. The van der Waals surface area contributed by atoms with E-state index in [9.17, 15) is 14.4 Å². The molecule has 2 aliphatic rings. The Hall–Kier alpha value is -6.85. The predicted molar refractivity (Wildman–Crippen MR) is 254 cm³/mol. The Morgan fingerprint density at radius 2 is 1.14 bits per heavy atom. The van der Waals surface area contributed by atoms with E-state index < -0.39 is 12.1 Å². The lowest BCUT2D eigenvalue weighted by Crippen LogP contribution is -2.30. The van der Waals surface area contributed by atoms with Crippen molar-refractivity contribution in [3.63, 3.8) is 0 Å². The first-order valence-electron chi connectivity index (χ1n) is 21.7. The van der Waals surface area contributed by atoms with E-state index >= 15 is 0 Å². The lowest BCUT2D eigenvalue weighted by atomic mass is 10.00. The highest BCUT2D eigenvalue weighted by Crippen LogP contribution is 2.36. The summed E-state index contributed by atoms with van der Waals surface area (Å²) in [6, 6.07) is 25.8. The van der Waals surface area contributed by atoms with Gasteiger partial charge in [0.2, 0.25) is 17.7 Å². The second-order valence-corrected chi connectivity index (χ2v) is 17.3. The van der Waals surface area contributed by atoms with Gasteiger partial charge < -0.3 is 25.4 Å². The molecule has 0 aliphatic carbocycles. The number of halogens is 1. The molecule has 4 heterocycles. The van der Waals surface area contributed by atoms with Crippen LogP contribution < -0.4 is 25.4 Å². The van der Waals surface area contributed by atoms with Crippen LogP contribution in [0.2, 0.25) is 5.02 Å². The molecule has 0 saturated carbocycles. The van der Waals surface area contributed by atoms with Gasteiger partial charge in [0, 0.05) is 64.0 Å². The minimum absolute atomic E-state index is 0.0444. The normalized spacial score (nSPS) is 14.8. The fourth-order valence-electron chi connectivity index (χ4n) is 8.04. The zero-order valence-electron chi connectivity index (χ0n) is 37.3. The average molecular weight is 929 g/mol. The Kier molecular flexibility index (Phi) is 14.2. The van der Waals surface area contributed by atoms with Crippen molar-refractivity contribution in [2.75, 3.05) is 39.6 Å². The number of amides is 3. The first-order valence-corrected chi connectivity index (χ1v) is 23.1. The fourth-order valence-corrected chi connectivity index (χ4v) is 9.02. The first-order chi connectivity index (χ1) is 32.0. The van der Waals surface area contributed by atoms with Gasteiger partial charge in [-0.05, 0) is 87.9 Å². The third-order valence-electron chi connectivity index (χ3n) is 11.2. The SMILES string of the molecule is CCNC(=O)CC1N=C(c2ccc(SCCC(=O)NCCCNC(=O)CC3N=C(c4ccc(Cl)cc4)c4cc(OC)ccc4-n4c(C)nnc43)cc2)c2cc(OC)ccc2-n2c(C)nnc21. The summed E-state index contributed by atoms with van der Waals surface area (Å²) in [4.78, 5) is 50.3. The van der Waals surface area contributed by atoms with Crippen LogP contribution in [0.1, 0.15) is 90.2 Å². The van der Waals surface area contributed by atoms with Crippen LogP contribution in [0.25, 0.3) is 11.4 Å². The summed E-state index contributed by atoms with van der Waals surface area (Å²) in [5.41, 5.74) is 6.43. The molecule has 340 valence electrons. The van der Waals surface area contributed by atoms with Gasteiger partial charge in [-0.2, -0.15) is 0 Å². The molecule has 4 aromatic carbocycles. The standard InChI is InChI=1S/C48H50ClN11O5S/c1-6-50-43(62)26-38-47-57-55-28(2)59(47)41-19-15-34(65-5)25-37(41)46(53-38)31-10-16-35(17-11-31)66-23-20-42(61)51-21-7-22-52-44(63)27-39-48-58-56-29(3)60(48)40-18-14-33(64-4)24-36(40)45(54-39)30-8-12-32(49)13-9-30/h8-19,24-25,38-39H,6-7,20-23,26-27H2,1-5H3,(H,50,62)(H,51,61)(H,52,63). The predicted octanol–water partition coefficient (Wildman–Crippen LogP) is 6.64. The molecular weight excluding hydrogens is 878 g/mol. The Morgan fingerprint density at radius 1 is 0.652 bits per heavy atom. The number of nitrogens with one attached hydrogen (secondary N) is 3. The number of nitrogens with zero attached hydrogens (tertiary/aromatic N) is 8. The van der Waals surface area contributed by atoms with Crippen LogP contribution >= 0.6 is 23.4 Å². The molecule has 0 spiro atoms. The minimum atomic E-state index is -0.624. The number of carbonyl (C=O) groups is 3. The second kappa shape index (κ2) is 20.5. The topological polar surface area (TPSA) is 192 Å². The zero-order chi connectivity index (χ0) is 46.3. The molecule has 18 heteroatoms. The minimum Gasteiger partial charge on any atom is -0.497 e. The van der Waals surface area contributed by atoms with Crippen LogP contribution in [0.15, 0.2) is 99.8 Å². The molecule has 0 radical (unpaired) electrons. The van der Waals surface area contributed by atoms with Crippen molar-refractivity contribution in [1.29, 1.82) is 0 Å². The van der Waals surface area contributed by atoms with Gasteiger partial charge in [0.15, 0.2) is 11.6 Å². The van der Waals surface area contributed by atoms with Crippen LogP contribution in [-0.4, -0.2) is 98.3 Å². The lowest BCUT2D eigenvalue weighted by Gasteiger charge is -2.14. The van der Waals surface area contributed by atoms with Crippen molar-refractivity contribution in [2.45, 2.75) is 63.4 Å². The van der Waals surface area contributed by atoms with Gasteiger partial charge >= 0.3 is 0 Å². The van der Waals surface area contributed by atoms with Gasteiger partial charge in [0.1, 0.15) is 35.2 Å². The molecule has 2 unspecified atom stereocenters. The van der Waals surface area contributed by atoms with Crippen molar-refractivity contribution < 1.29 is 23.9 Å². The van der Waals surface area contributed by atoms with Crippen LogP contribution in [0.4, 0.5) is 0 Å². The lowest BCUT2D eigenvalue weighted by molar-refractivity contribution is -0.122. The number of methoxy groups -OCH3 is 2. The van der Waals surface area contributed by atoms with E-state index in [2.05, 4.69) is 36.3 Å². The van der Waals surface area contributed by atoms with Gasteiger partial charge in [0.05, 0.1) is 49.9 Å². The molecule has 0 fully saturated rings. The van der Waals surface area contributed by atoms with Crippen LogP contribution in [0.3, 0.4) is 0 Å². The maximum absolute atomic E-state index is 13.4. The summed E-state index contributed by atoms with van der Waals surface area (Å²) >= 11 is 7.82. The Morgan fingerprint density at radius 3 is 1.64 bits per heavy atom. The van der Waals surface area contributed by atoms with E-state index in [-0.39, 0.29) is 30.6 Å². The average Bonchev–Trinajstić information content (AvgIpc) is 3.82. The number of hydrogen-bond acceptors (Lipinski definition) is 12. The molecule has 2 aromatic heterocycles. The second-order valence-electron chi connectivity index (χ2n) is 15.7. The van der Waals surface area contributed by atoms with Gasteiger partial charge in [-0.1, -0.05) is 35.9 Å². The number of benzene rings is 4. The van der Waals surface area contributed by atoms with E-state index in [0.29, 0.717) is 89.5 Å². The molecule has 8 rings (SSSR count). The van der Waals surface area contributed by atoms with E-state index in [0.717, 1.165) is 38.5 Å². The summed E-state index contributed by atoms with van der Waals surface area (Å²) in [5.74, 6) is 4.04. The number of aryl methyl sites for hydroxylation is 2. The molecule has 66 heavy (non-hydrogen) atoms. The van der Waals surface area contributed by atoms with Crippen molar-refractivity contribution in [2.24, 2.45) is 9.98 Å². The van der Waals surface area contributed by atoms with E-state index in [1.54, 1.807) is 26.0 Å². The number of thioether (sulfide) groups is 1. The highest BCUT2D eigenvalue weighted by Gasteiger charge is 2.32. The molecular formula is C48H50ClN11O5S. The summed E-state index contributed by atoms with van der Waals surface area (Å²) in [6.07, 6.45) is 1.04. The summed E-state index contributed by atoms with van der Waals surface area (Å²) in [6.45, 7) is 6.94. The fraction of sp³-hybridized carbons (Fsp3) is 0.312. The quantitative estimate of drug-likeness (QED) is 0.0660. The molecule has 3 amide bonds. The number of aliphatic imine (C=N–C) groups is 2. The number of aromatic nitrogens is 6. The smallest absolute Gasteiger partial charge is 0.222 e. The molecule has 2 aliphatic heterocycles. The van der Waals surface area contributed by atoms with Crippen molar-refractivity contribution in [3.05, 3.63) is 136 Å². The molecule has 6 aromatic rings. The largest absolute Gasteiger partial charge is 0.497 e. The maximum atomic E-state index is 13.4. The summed E-state index contributed by atoms with van der Waals surface area (Å²) < 4.78 is 15.1. The Balaban J connectivity index is 0.848.